The molecule has 1 heterocycles. The Bertz CT molecular complexity index is 374. The molecular formula is C14H25NO6. The first kappa shape index (κ1) is 17.9. The summed E-state index contributed by atoms with van der Waals surface area (Å²) in [6.45, 7) is 6.25. The van der Waals surface area contributed by atoms with E-state index in [1.54, 1.807) is 20.8 Å². The fraction of sp³-hybridized carbons (Fsp3) is 0.857. The molecule has 0 radical (unpaired) electrons. The molecule has 0 aromatic heterocycles. The number of carbonyl (C=O) groups is 2. The van der Waals surface area contributed by atoms with Crippen LogP contribution in [0.3, 0.4) is 0 Å². The van der Waals surface area contributed by atoms with Gasteiger partial charge in [-0.3, -0.25) is 9.59 Å². The number of ether oxygens (including phenoxy) is 2. The van der Waals surface area contributed by atoms with Crippen molar-refractivity contribution in [1.29, 1.82) is 0 Å². The van der Waals surface area contributed by atoms with Crippen LogP contribution in [0.15, 0.2) is 0 Å². The number of aliphatic hydroxyl groups is 2. The summed E-state index contributed by atoms with van der Waals surface area (Å²) in [6.07, 6.45) is -2.26. The normalized spacial score (nSPS) is 34.1. The SMILES string of the molecule is CC(=O)O[C@H](C)CC(=O)NC1C(C)[C@H](O)C(CO)O[C@H]1C. The minimum atomic E-state index is -0.845. The van der Waals surface area contributed by atoms with Gasteiger partial charge in [-0.2, -0.15) is 0 Å². The molecule has 0 aromatic rings. The highest BCUT2D eigenvalue weighted by molar-refractivity contribution is 5.77. The van der Waals surface area contributed by atoms with Crippen LogP contribution in [0.2, 0.25) is 0 Å². The molecule has 122 valence electrons. The van der Waals surface area contributed by atoms with E-state index in [4.69, 9.17) is 14.6 Å². The highest BCUT2D eigenvalue weighted by Gasteiger charge is 2.41. The summed E-state index contributed by atoms with van der Waals surface area (Å²) in [4.78, 5) is 22.8. The van der Waals surface area contributed by atoms with E-state index in [2.05, 4.69) is 5.32 Å². The van der Waals surface area contributed by atoms with Crippen molar-refractivity contribution in [2.75, 3.05) is 6.61 Å². The molecule has 7 nitrogen and oxygen atoms in total. The second-order valence-electron chi connectivity index (χ2n) is 5.63. The van der Waals surface area contributed by atoms with Crippen molar-refractivity contribution < 1.29 is 29.3 Å². The minimum absolute atomic E-state index is 0.0506. The van der Waals surface area contributed by atoms with Gasteiger partial charge in [0.1, 0.15) is 12.2 Å². The molecule has 3 N–H and O–H groups in total. The van der Waals surface area contributed by atoms with Crippen LogP contribution in [0, 0.1) is 5.92 Å². The molecule has 1 aliphatic rings. The van der Waals surface area contributed by atoms with Gasteiger partial charge in [0.2, 0.25) is 5.91 Å². The number of carbonyl (C=O) groups excluding carboxylic acids is 2. The van der Waals surface area contributed by atoms with Crippen molar-refractivity contribution in [2.45, 2.75) is 64.6 Å². The number of esters is 1. The maximum Gasteiger partial charge on any atom is 0.302 e. The van der Waals surface area contributed by atoms with Crippen LogP contribution in [-0.4, -0.2) is 59.2 Å². The molecular weight excluding hydrogens is 278 g/mol. The molecule has 0 aliphatic carbocycles. The van der Waals surface area contributed by atoms with Crippen molar-refractivity contribution in [3.63, 3.8) is 0 Å². The predicted molar refractivity (Wildman–Crippen MR) is 74.4 cm³/mol. The van der Waals surface area contributed by atoms with Gasteiger partial charge in [0.15, 0.2) is 0 Å². The third-order valence-corrected chi connectivity index (χ3v) is 3.73. The van der Waals surface area contributed by atoms with Crippen molar-refractivity contribution in [3.05, 3.63) is 0 Å². The Morgan fingerprint density at radius 1 is 1.38 bits per heavy atom. The molecule has 0 bridgehead atoms. The minimum Gasteiger partial charge on any atom is -0.462 e. The highest BCUT2D eigenvalue weighted by atomic mass is 16.5. The second-order valence-corrected chi connectivity index (χ2v) is 5.63. The number of amides is 1. The Morgan fingerprint density at radius 3 is 2.52 bits per heavy atom. The molecule has 21 heavy (non-hydrogen) atoms. The second kappa shape index (κ2) is 7.72. The summed E-state index contributed by atoms with van der Waals surface area (Å²) >= 11 is 0. The van der Waals surface area contributed by atoms with Crippen molar-refractivity contribution in [1.82, 2.24) is 5.32 Å². The Labute approximate surface area is 124 Å². The van der Waals surface area contributed by atoms with Crippen LogP contribution in [0.5, 0.6) is 0 Å². The monoisotopic (exact) mass is 303 g/mol. The number of nitrogens with one attached hydrogen (secondary N) is 1. The predicted octanol–water partition coefficient (Wildman–Crippen LogP) is -0.410. The maximum atomic E-state index is 12.0. The van der Waals surface area contributed by atoms with Crippen LogP contribution >= 0.6 is 0 Å². The highest BCUT2D eigenvalue weighted by Crippen LogP contribution is 2.25. The number of hydrogen-bond acceptors (Lipinski definition) is 6. The van der Waals surface area contributed by atoms with Crippen molar-refractivity contribution >= 4 is 11.9 Å². The molecule has 0 saturated carbocycles. The first-order chi connectivity index (χ1) is 9.76. The van der Waals surface area contributed by atoms with E-state index in [-0.39, 0.29) is 37.0 Å². The molecule has 1 saturated heterocycles. The smallest absolute Gasteiger partial charge is 0.302 e. The molecule has 7 heteroatoms. The zero-order valence-corrected chi connectivity index (χ0v) is 12.9. The molecule has 1 aliphatic heterocycles. The molecule has 6 atom stereocenters. The number of aliphatic hydroxyl groups excluding tert-OH is 2. The molecule has 1 amide bonds. The van der Waals surface area contributed by atoms with Gasteiger partial charge < -0.3 is 25.0 Å². The fourth-order valence-corrected chi connectivity index (χ4v) is 2.65. The average molecular weight is 303 g/mol. The Balaban J connectivity index is 2.56. The molecule has 0 spiro atoms. The topological polar surface area (TPSA) is 105 Å². The summed E-state index contributed by atoms with van der Waals surface area (Å²) in [5.74, 6) is -0.955. The van der Waals surface area contributed by atoms with E-state index in [0.717, 1.165) is 0 Å². The Kier molecular flexibility index (Phi) is 6.57. The first-order valence-electron chi connectivity index (χ1n) is 7.17. The summed E-state index contributed by atoms with van der Waals surface area (Å²) in [7, 11) is 0. The van der Waals surface area contributed by atoms with E-state index < -0.39 is 24.3 Å². The van der Waals surface area contributed by atoms with Crippen molar-refractivity contribution in [2.24, 2.45) is 5.92 Å². The van der Waals surface area contributed by atoms with Gasteiger partial charge >= 0.3 is 5.97 Å². The Hall–Kier alpha value is -1.18. The summed E-state index contributed by atoms with van der Waals surface area (Å²) in [5, 5.41) is 22.0. The molecule has 1 rings (SSSR count). The lowest BCUT2D eigenvalue weighted by atomic mass is 9.86. The zero-order valence-electron chi connectivity index (χ0n) is 12.9. The molecule has 3 unspecified atom stereocenters. The first-order valence-corrected chi connectivity index (χ1v) is 7.17. The Morgan fingerprint density at radius 2 is 2.00 bits per heavy atom. The van der Waals surface area contributed by atoms with Gasteiger partial charge in [-0.1, -0.05) is 6.92 Å². The lowest BCUT2D eigenvalue weighted by molar-refractivity contribution is -0.167. The summed E-state index contributed by atoms with van der Waals surface area (Å²) < 4.78 is 10.4. The van der Waals surface area contributed by atoms with Crippen LogP contribution in [-0.2, 0) is 19.1 Å². The third kappa shape index (κ3) is 4.94. The van der Waals surface area contributed by atoms with E-state index in [9.17, 15) is 14.7 Å². The number of rotatable bonds is 5. The number of hydrogen-bond donors (Lipinski definition) is 3. The van der Waals surface area contributed by atoms with E-state index in [1.165, 1.54) is 6.92 Å². The zero-order chi connectivity index (χ0) is 16.2. The lowest BCUT2D eigenvalue weighted by Crippen LogP contribution is -2.59. The van der Waals surface area contributed by atoms with Crippen LogP contribution < -0.4 is 5.32 Å². The van der Waals surface area contributed by atoms with E-state index in [1.807, 2.05) is 0 Å². The quantitative estimate of drug-likeness (QED) is 0.596. The van der Waals surface area contributed by atoms with Gasteiger partial charge in [-0.25, -0.2) is 0 Å². The summed E-state index contributed by atoms with van der Waals surface area (Å²) in [6, 6.07) is -0.361. The lowest BCUT2D eigenvalue weighted by Gasteiger charge is -2.42. The maximum absolute atomic E-state index is 12.0. The average Bonchev–Trinajstić information content (AvgIpc) is 2.37. The standard InChI is InChI=1S/C14H25NO6/c1-7(20-10(4)17)5-12(18)15-13-8(2)14(19)11(6-16)21-9(13)3/h7-9,11,13-14,16,19H,5-6H2,1-4H3,(H,15,18)/t7-,8?,9+,11?,13?,14+/m1/s1. The van der Waals surface area contributed by atoms with E-state index in [0.29, 0.717) is 0 Å². The van der Waals surface area contributed by atoms with Gasteiger partial charge in [0, 0.05) is 12.8 Å². The van der Waals surface area contributed by atoms with Crippen LogP contribution in [0.25, 0.3) is 0 Å². The van der Waals surface area contributed by atoms with Gasteiger partial charge in [-0.05, 0) is 13.8 Å². The van der Waals surface area contributed by atoms with Gasteiger partial charge in [0.05, 0.1) is 31.3 Å². The third-order valence-electron chi connectivity index (χ3n) is 3.73. The largest absolute Gasteiger partial charge is 0.462 e. The fourth-order valence-electron chi connectivity index (χ4n) is 2.65. The molecule has 1 fully saturated rings. The van der Waals surface area contributed by atoms with E-state index >= 15 is 0 Å². The van der Waals surface area contributed by atoms with Crippen molar-refractivity contribution in [3.8, 4) is 0 Å². The summed E-state index contributed by atoms with van der Waals surface area (Å²) in [5.41, 5.74) is 0. The van der Waals surface area contributed by atoms with Gasteiger partial charge in [0.25, 0.3) is 0 Å². The van der Waals surface area contributed by atoms with Crippen LogP contribution in [0.4, 0.5) is 0 Å². The molecule has 0 aromatic carbocycles. The van der Waals surface area contributed by atoms with Crippen LogP contribution in [0.1, 0.15) is 34.1 Å². The van der Waals surface area contributed by atoms with Gasteiger partial charge in [-0.15, -0.1) is 0 Å².